The van der Waals surface area contributed by atoms with E-state index in [1.807, 2.05) is 11.5 Å². The van der Waals surface area contributed by atoms with Crippen LogP contribution in [-0.2, 0) is 12.7 Å². The molecule has 0 saturated heterocycles. The lowest BCUT2D eigenvalue weighted by Gasteiger charge is -2.05. The van der Waals surface area contributed by atoms with Gasteiger partial charge in [-0.25, -0.2) is 4.98 Å². The Morgan fingerprint density at radius 1 is 1.18 bits per heavy atom. The normalized spacial score (nSPS) is 11.8. The molecule has 0 aliphatic rings. The molecule has 1 aromatic carbocycles. The van der Waals surface area contributed by atoms with E-state index in [9.17, 15) is 13.2 Å². The van der Waals surface area contributed by atoms with Gasteiger partial charge in [0.05, 0.1) is 5.56 Å². The van der Waals surface area contributed by atoms with Crippen LogP contribution >= 0.6 is 0 Å². The average Bonchev–Trinajstić information content (AvgIpc) is 3.09. The Morgan fingerprint density at radius 2 is 1.91 bits per heavy atom. The van der Waals surface area contributed by atoms with Gasteiger partial charge in [0.15, 0.2) is 0 Å². The molecule has 3 rings (SSSR count). The fraction of sp³-hybridized carbons (Fsp3) is 0.214. The summed E-state index contributed by atoms with van der Waals surface area (Å²) in [6.07, 6.45) is -0.931. The number of aryl methyl sites for hydroxylation is 1. The lowest BCUT2D eigenvalue weighted by atomic mass is 10.1. The standard InChI is InChI=1S/C14H11F3N4O/c1-9-18-6-7-21(9)8-12-19-13(20-22-12)10-2-4-11(5-3-10)14(15,16)17/h2-7H,8H2,1H3. The van der Waals surface area contributed by atoms with Gasteiger partial charge in [-0.05, 0) is 19.1 Å². The molecule has 0 radical (unpaired) electrons. The topological polar surface area (TPSA) is 56.7 Å². The highest BCUT2D eigenvalue weighted by Gasteiger charge is 2.30. The summed E-state index contributed by atoms with van der Waals surface area (Å²) in [5.74, 6) is 1.41. The minimum absolute atomic E-state index is 0.251. The number of benzene rings is 1. The Bertz CT molecular complexity index is 774. The number of aromatic nitrogens is 4. The van der Waals surface area contributed by atoms with Crippen LogP contribution in [0.5, 0.6) is 0 Å². The molecule has 0 saturated carbocycles. The lowest BCUT2D eigenvalue weighted by Crippen LogP contribution is -2.04. The molecule has 2 heterocycles. The second kappa shape index (κ2) is 5.28. The summed E-state index contributed by atoms with van der Waals surface area (Å²) in [5.41, 5.74) is -0.251. The number of rotatable bonds is 3. The van der Waals surface area contributed by atoms with Crippen molar-refractivity contribution < 1.29 is 17.7 Å². The first-order valence-corrected chi connectivity index (χ1v) is 6.41. The van der Waals surface area contributed by atoms with E-state index in [0.29, 0.717) is 18.0 Å². The summed E-state index contributed by atoms with van der Waals surface area (Å²) in [6, 6.07) is 4.62. The van der Waals surface area contributed by atoms with Crippen LogP contribution in [-0.4, -0.2) is 19.7 Å². The van der Waals surface area contributed by atoms with E-state index < -0.39 is 11.7 Å². The van der Waals surface area contributed by atoms with Gasteiger partial charge < -0.3 is 9.09 Å². The van der Waals surface area contributed by atoms with Crippen molar-refractivity contribution in [2.24, 2.45) is 0 Å². The monoisotopic (exact) mass is 308 g/mol. The molecule has 0 atom stereocenters. The van der Waals surface area contributed by atoms with Gasteiger partial charge in [0.2, 0.25) is 11.7 Å². The largest absolute Gasteiger partial charge is 0.416 e. The zero-order chi connectivity index (χ0) is 15.7. The summed E-state index contributed by atoms with van der Waals surface area (Å²) in [6.45, 7) is 2.20. The summed E-state index contributed by atoms with van der Waals surface area (Å²) in [4.78, 5) is 8.26. The molecule has 22 heavy (non-hydrogen) atoms. The van der Waals surface area contributed by atoms with Crippen LogP contribution in [0, 0.1) is 6.92 Å². The van der Waals surface area contributed by atoms with Crippen molar-refractivity contribution in [3.63, 3.8) is 0 Å². The Hall–Kier alpha value is -2.64. The van der Waals surface area contributed by atoms with Gasteiger partial charge in [-0.15, -0.1) is 0 Å². The average molecular weight is 308 g/mol. The summed E-state index contributed by atoms with van der Waals surface area (Å²) >= 11 is 0. The molecule has 0 aliphatic heterocycles. The SMILES string of the molecule is Cc1nccn1Cc1nc(-c2ccc(C(F)(F)F)cc2)no1. The van der Waals surface area contributed by atoms with Crippen LogP contribution in [0.15, 0.2) is 41.2 Å². The Balaban J connectivity index is 1.80. The van der Waals surface area contributed by atoms with Gasteiger partial charge in [-0.2, -0.15) is 18.2 Å². The molecular weight excluding hydrogens is 297 g/mol. The van der Waals surface area contributed by atoms with Crippen molar-refractivity contribution in [1.82, 2.24) is 19.7 Å². The minimum Gasteiger partial charge on any atom is -0.337 e. The number of hydrogen-bond acceptors (Lipinski definition) is 4. The molecule has 0 amide bonds. The second-order valence-electron chi connectivity index (χ2n) is 4.69. The number of imidazole rings is 1. The van der Waals surface area contributed by atoms with Crippen LogP contribution in [0.3, 0.4) is 0 Å². The third-order valence-corrected chi connectivity index (χ3v) is 3.17. The zero-order valence-corrected chi connectivity index (χ0v) is 11.5. The molecule has 0 unspecified atom stereocenters. The molecule has 5 nitrogen and oxygen atoms in total. The molecule has 0 spiro atoms. The van der Waals surface area contributed by atoms with Crippen molar-refractivity contribution in [1.29, 1.82) is 0 Å². The third kappa shape index (κ3) is 2.85. The minimum atomic E-state index is -4.36. The fourth-order valence-corrected chi connectivity index (χ4v) is 1.96. The summed E-state index contributed by atoms with van der Waals surface area (Å²) in [5, 5.41) is 3.79. The van der Waals surface area contributed by atoms with Gasteiger partial charge >= 0.3 is 6.18 Å². The van der Waals surface area contributed by atoms with Crippen molar-refractivity contribution in [3.8, 4) is 11.4 Å². The molecule has 0 aliphatic carbocycles. The number of alkyl halides is 3. The molecule has 8 heteroatoms. The first-order chi connectivity index (χ1) is 10.4. The Labute approximate surface area is 123 Å². The lowest BCUT2D eigenvalue weighted by molar-refractivity contribution is -0.137. The van der Waals surface area contributed by atoms with Crippen molar-refractivity contribution in [3.05, 3.63) is 53.9 Å². The number of nitrogens with zero attached hydrogens (tertiary/aromatic N) is 4. The molecule has 0 bridgehead atoms. The van der Waals surface area contributed by atoms with Gasteiger partial charge in [0, 0.05) is 18.0 Å². The third-order valence-electron chi connectivity index (χ3n) is 3.17. The van der Waals surface area contributed by atoms with Crippen LogP contribution in [0.25, 0.3) is 11.4 Å². The molecular formula is C14H11F3N4O. The molecule has 2 aromatic heterocycles. The second-order valence-corrected chi connectivity index (χ2v) is 4.69. The van der Waals surface area contributed by atoms with Crippen LogP contribution in [0.2, 0.25) is 0 Å². The summed E-state index contributed by atoms with van der Waals surface area (Å²) < 4.78 is 44.5. The molecule has 114 valence electrons. The van der Waals surface area contributed by atoms with Crippen molar-refractivity contribution in [2.45, 2.75) is 19.6 Å². The molecule has 0 N–H and O–H groups in total. The fourth-order valence-electron chi connectivity index (χ4n) is 1.96. The van der Waals surface area contributed by atoms with E-state index in [-0.39, 0.29) is 5.82 Å². The smallest absolute Gasteiger partial charge is 0.337 e. The van der Waals surface area contributed by atoms with Crippen molar-refractivity contribution >= 4 is 0 Å². The van der Waals surface area contributed by atoms with Crippen LogP contribution in [0.4, 0.5) is 13.2 Å². The molecule has 3 aromatic rings. The van der Waals surface area contributed by atoms with Crippen LogP contribution < -0.4 is 0 Å². The van der Waals surface area contributed by atoms with E-state index in [0.717, 1.165) is 18.0 Å². The van der Waals surface area contributed by atoms with E-state index in [4.69, 9.17) is 4.52 Å². The summed E-state index contributed by atoms with van der Waals surface area (Å²) in [7, 11) is 0. The highest BCUT2D eigenvalue weighted by atomic mass is 19.4. The highest BCUT2D eigenvalue weighted by Crippen LogP contribution is 2.30. The number of hydrogen-bond donors (Lipinski definition) is 0. The van der Waals surface area contributed by atoms with E-state index in [2.05, 4.69) is 15.1 Å². The van der Waals surface area contributed by atoms with Gasteiger partial charge in [-0.3, -0.25) is 0 Å². The first-order valence-electron chi connectivity index (χ1n) is 6.41. The first kappa shape index (κ1) is 14.3. The predicted octanol–water partition coefficient (Wildman–Crippen LogP) is 3.31. The van der Waals surface area contributed by atoms with E-state index in [1.165, 1.54) is 12.1 Å². The number of halogens is 3. The van der Waals surface area contributed by atoms with E-state index >= 15 is 0 Å². The highest BCUT2D eigenvalue weighted by molar-refractivity contribution is 5.54. The quantitative estimate of drug-likeness (QED) is 0.745. The van der Waals surface area contributed by atoms with E-state index in [1.54, 1.807) is 12.4 Å². The van der Waals surface area contributed by atoms with Gasteiger partial charge in [0.1, 0.15) is 12.4 Å². The van der Waals surface area contributed by atoms with Gasteiger partial charge in [0.25, 0.3) is 0 Å². The maximum Gasteiger partial charge on any atom is 0.416 e. The predicted molar refractivity (Wildman–Crippen MR) is 70.8 cm³/mol. The zero-order valence-electron chi connectivity index (χ0n) is 11.5. The van der Waals surface area contributed by atoms with Crippen molar-refractivity contribution in [2.75, 3.05) is 0 Å². The maximum atomic E-state index is 12.5. The Kier molecular flexibility index (Phi) is 3.44. The van der Waals surface area contributed by atoms with Crippen LogP contribution in [0.1, 0.15) is 17.3 Å². The Morgan fingerprint density at radius 3 is 2.50 bits per heavy atom. The van der Waals surface area contributed by atoms with Gasteiger partial charge in [-0.1, -0.05) is 17.3 Å². The maximum absolute atomic E-state index is 12.5. The molecule has 0 fully saturated rings.